The Hall–Kier alpha value is -2.48. The van der Waals surface area contributed by atoms with Gasteiger partial charge in [0.1, 0.15) is 0 Å². The van der Waals surface area contributed by atoms with E-state index in [9.17, 15) is 28.8 Å². The summed E-state index contributed by atoms with van der Waals surface area (Å²) in [6.45, 7) is 5.10. The van der Waals surface area contributed by atoms with Crippen molar-refractivity contribution in [2.75, 3.05) is 41.2 Å². The Labute approximate surface area is 317 Å². The molecule has 0 spiro atoms. The summed E-state index contributed by atoms with van der Waals surface area (Å²) in [5.74, 6) is -5.34. The van der Waals surface area contributed by atoms with E-state index in [0.29, 0.717) is 84.0 Å². The fraction of sp³-hybridized carbons (Fsp3) is 0.657. The Balaban J connectivity index is 2.38. The van der Waals surface area contributed by atoms with Crippen molar-refractivity contribution >= 4 is 75.1 Å². The Kier molecular flexibility index (Phi) is 21.7. The van der Waals surface area contributed by atoms with Crippen LogP contribution in [0.2, 0.25) is 8.87 Å². The Morgan fingerprint density at radius 3 is 1.50 bits per heavy atom. The number of unbranched alkanes of at least 4 members (excludes halogenated alkanes) is 5. The molecule has 0 fully saturated rings. The molecule has 0 radical (unpaired) electrons. The van der Waals surface area contributed by atoms with Crippen LogP contribution in [0.4, 0.5) is 0 Å². The first-order valence-electron chi connectivity index (χ1n) is 17.9. The van der Waals surface area contributed by atoms with Crippen molar-refractivity contribution in [2.24, 2.45) is 0 Å². The molecule has 0 saturated carbocycles. The molecule has 0 aromatic heterocycles. The Morgan fingerprint density at radius 1 is 0.615 bits per heavy atom. The standard InChI is InChI=1S/3C9H14O5.2C4H9.2Sn/c3*1-14-5-3-2-4-7(9(12)13)6-8(10)11;2*1-3-4-2;;/h3*6H,2-5H2,1H3,(H,10,11)(H,12,13);2*1,3-4H2,2H3;;/q;;;;;2*+3/p-6/b7-6-;;;;;;. The summed E-state index contributed by atoms with van der Waals surface area (Å²) in [5.41, 5.74) is 0.0595. The summed E-state index contributed by atoms with van der Waals surface area (Å²) in [7, 11) is 4.66. The molecule has 52 heavy (non-hydrogen) atoms. The van der Waals surface area contributed by atoms with Crippen LogP contribution >= 0.6 is 0 Å². The molecule has 2 heterocycles. The van der Waals surface area contributed by atoms with Crippen molar-refractivity contribution in [3.05, 3.63) is 34.9 Å². The van der Waals surface area contributed by atoms with Gasteiger partial charge in [-0.15, -0.1) is 0 Å². The zero-order valence-corrected chi connectivity index (χ0v) is 36.8. The number of methoxy groups -OCH3 is 3. The van der Waals surface area contributed by atoms with Gasteiger partial charge in [0.25, 0.3) is 0 Å². The van der Waals surface area contributed by atoms with E-state index in [2.05, 4.69) is 0 Å². The first-order chi connectivity index (χ1) is 25.0. The molecule has 0 amide bonds. The summed E-state index contributed by atoms with van der Waals surface area (Å²) in [6.07, 6.45) is 9.00. The van der Waals surface area contributed by atoms with Gasteiger partial charge in [-0.2, -0.15) is 0 Å². The Morgan fingerprint density at radius 2 is 1.06 bits per heavy atom. The number of rotatable bonds is 25. The second kappa shape index (κ2) is 24.8. The van der Waals surface area contributed by atoms with Crippen molar-refractivity contribution < 1.29 is 61.4 Å². The summed E-state index contributed by atoms with van der Waals surface area (Å²) in [6, 6.07) is 0. The van der Waals surface area contributed by atoms with Crippen molar-refractivity contribution in [1.29, 1.82) is 0 Å². The third-order valence-corrected chi connectivity index (χ3v) is 22.1. The maximum absolute atomic E-state index is 13.9. The first kappa shape index (κ1) is 45.7. The monoisotopic (exact) mass is 954 g/mol. The normalized spacial score (nSPS) is 20.8. The van der Waals surface area contributed by atoms with Gasteiger partial charge in [0.2, 0.25) is 0 Å². The van der Waals surface area contributed by atoms with E-state index in [0.717, 1.165) is 18.2 Å². The molecule has 0 saturated heterocycles. The summed E-state index contributed by atoms with van der Waals surface area (Å²) in [5, 5.41) is 0. The van der Waals surface area contributed by atoms with Crippen molar-refractivity contribution in [3.63, 3.8) is 0 Å². The van der Waals surface area contributed by atoms with Crippen LogP contribution in [-0.2, 0) is 61.4 Å². The van der Waals surface area contributed by atoms with Gasteiger partial charge >= 0.3 is 319 Å². The van der Waals surface area contributed by atoms with E-state index in [-0.39, 0.29) is 44.9 Å². The molecule has 0 aliphatic carbocycles. The predicted molar refractivity (Wildman–Crippen MR) is 189 cm³/mol. The van der Waals surface area contributed by atoms with Crippen LogP contribution in [0.25, 0.3) is 0 Å². The molecule has 2 atom stereocenters. The van der Waals surface area contributed by atoms with Crippen molar-refractivity contribution in [2.45, 2.75) is 106 Å². The number of hydrogen-bond donors (Lipinski definition) is 0. The molecular weight excluding hydrogens is 898 g/mol. The SMILES string of the molecule is CCC[CH2][Sn]1([O]C(=O)/C=C(/CCCCOC)C(=O)[O][Sn]2([CH2]CCC)[O]C(=O)C=C(CCCCOC)C(=O)[O]2)[O]C(=O)C=C(CCCCOC)C(=O)[O]1. The van der Waals surface area contributed by atoms with Gasteiger partial charge in [0.05, 0.1) is 0 Å². The average Bonchev–Trinajstić information content (AvgIpc) is 3.29. The topological polar surface area (TPSA) is 185 Å². The zero-order chi connectivity index (χ0) is 38.4. The molecule has 292 valence electrons. The van der Waals surface area contributed by atoms with Gasteiger partial charge in [0.15, 0.2) is 0 Å². The van der Waals surface area contributed by atoms with Crippen LogP contribution in [0.5, 0.6) is 0 Å². The van der Waals surface area contributed by atoms with Gasteiger partial charge in [0, 0.05) is 0 Å². The van der Waals surface area contributed by atoms with Gasteiger partial charge < -0.3 is 0 Å². The van der Waals surface area contributed by atoms with Crippen LogP contribution < -0.4 is 0 Å². The van der Waals surface area contributed by atoms with Gasteiger partial charge in [-0.3, -0.25) is 0 Å². The third-order valence-electron chi connectivity index (χ3n) is 7.98. The van der Waals surface area contributed by atoms with Crippen LogP contribution in [0.15, 0.2) is 34.9 Å². The average molecular weight is 952 g/mol. The maximum atomic E-state index is 13.9. The van der Waals surface area contributed by atoms with Crippen molar-refractivity contribution in [3.8, 4) is 0 Å². The number of hydrogen-bond acceptors (Lipinski definition) is 15. The van der Waals surface area contributed by atoms with E-state index < -0.39 is 75.1 Å². The minimum atomic E-state index is -5.29. The molecule has 2 rings (SSSR count). The third kappa shape index (κ3) is 16.3. The number of carbonyl (C=O) groups excluding carboxylic acids is 6. The van der Waals surface area contributed by atoms with Crippen LogP contribution in [0, 0.1) is 0 Å². The second-order valence-electron chi connectivity index (χ2n) is 12.4. The molecule has 0 aromatic rings. The molecule has 2 unspecified atom stereocenters. The molecule has 0 N–H and O–H groups in total. The minimum absolute atomic E-state index is 0.0160. The van der Waals surface area contributed by atoms with Crippen LogP contribution in [0.3, 0.4) is 0 Å². The van der Waals surface area contributed by atoms with Gasteiger partial charge in [-0.1, -0.05) is 0 Å². The first-order valence-corrected chi connectivity index (χ1v) is 29.0. The number of ether oxygens (including phenoxy) is 3. The van der Waals surface area contributed by atoms with E-state index >= 15 is 0 Å². The molecule has 15 nitrogen and oxygen atoms in total. The van der Waals surface area contributed by atoms with E-state index in [1.807, 2.05) is 13.8 Å². The van der Waals surface area contributed by atoms with E-state index in [4.69, 9.17) is 32.7 Å². The molecule has 17 heteroatoms. The zero-order valence-electron chi connectivity index (χ0n) is 31.1. The Bertz CT molecular complexity index is 1330. The van der Waals surface area contributed by atoms with Gasteiger partial charge in [-0.25, -0.2) is 0 Å². The molecule has 0 aromatic carbocycles. The van der Waals surface area contributed by atoms with Crippen LogP contribution in [0.1, 0.15) is 97.3 Å². The molecule has 2 aliphatic rings. The fourth-order valence-electron chi connectivity index (χ4n) is 5.20. The van der Waals surface area contributed by atoms with Crippen LogP contribution in [-0.4, -0.2) is 116 Å². The predicted octanol–water partition coefficient (Wildman–Crippen LogP) is 4.98. The molecule has 0 bridgehead atoms. The number of carbonyl (C=O) groups is 6. The molecule has 2 aliphatic heterocycles. The summed E-state index contributed by atoms with van der Waals surface area (Å²) < 4.78 is 49.8. The fourth-order valence-corrected chi connectivity index (χ4v) is 18.8. The summed E-state index contributed by atoms with van der Waals surface area (Å²) >= 11 is -10.6. The molecular formula is C35H54O15Sn2. The van der Waals surface area contributed by atoms with E-state index in [1.165, 1.54) is 7.11 Å². The van der Waals surface area contributed by atoms with E-state index in [1.54, 1.807) is 14.2 Å². The quantitative estimate of drug-likeness (QED) is 0.0678. The second-order valence-corrected chi connectivity index (χ2v) is 26.5. The van der Waals surface area contributed by atoms with Gasteiger partial charge in [-0.05, 0) is 0 Å². The summed E-state index contributed by atoms with van der Waals surface area (Å²) in [4.78, 5) is 79.6. The van der Waals surface area contributed by atoms with Crippen molar-refractivity contribution in [1.82, 2.24) is 0 Å².